The molecule has 2 aliphatic rings. The number of hydrogen-bond donors (Lipinski definition) is 0. The minimum atomic E-state index is -0.0488. The van der Waals surface area contributed by atoms with Gasteiger partial charge in [-0.3, -0.25) is 4.99 Å². The molecule has 0 aromatic rings. The van der Waals surface area contributed by atoms with Gasteiger partial charge in [0.05, 0.1) is 5.54 Å². The Hall–Kier alpha value is -1.89. The van der Waals surface area contributed by atoms with Gasteiger partial charge in [-0.15, -0.1) is 0 Å². The highest BCUT2D eigenvalue weighted by atomic mass is 14.8. The summed E-state index contributed by atoms with van der Waals surface area (Å²) in [5.41, 5.74) is 7.21. The fraction of sp³-hybridized carbons (Fsp3) is 0.316. The molecule has 0 radical (unpaired) electrons. The fourth-order valence-corrected chi connectivity index (χ4v) is 2.16. The molecule has 0 N–H and O–H groups in total. The molecule has 0 aromatic heterocycles. The third kappa shape index (κ3) is 3.16. The highest BCUT2D eigenvalue weighted by molar-refractivity contribution is 5.94. The molecule has 1 nitrogen and oxygen atoms in total. The Bertz CT molecular complexity index is 642. The standard InChI is InChI=1S/C19H23N/c1-13(2)15-8-7-14(3)17-10-9-16(18(17)11-15)12-20-19(4,5)6/h7-12H,1H2,2-6H3. The minimum Gasteiger partial charge on any atom is -0.287 e. The predicted molar refractivity (Wildman–Crippen MR) is 89.9 cm³/mol. The Morgan fingerprint density at radius 3 is 2.40 bits per heavy atom. The summed E-state index contributed by atoms with van der Waals surface area (Å²) >= 11 is 0. The minimum absolute atomic E-state index is 0.0488. The zero-order valence-electron chi connectivity index (χ0n) is 13.1. The van der Waals surface area contributed by atoms with Crippen molar-refractivity contribution in [1.82, 2.24) is 0 Å². The average molecular weight is 265 g/mol. The maximum atomic E-state index is 4.63. The van der Waals surface area contributed by atoms with Crippen LogP contribution < -0.4 is 0 Å². The number of aliphatic imine (C=N–C) groups is 1. The molecule has 0 spiro atoms. The topological polar surface area (TPSA) is 12.4 Å². The van der Waals surface area contributed by atoms with Crippen molar-refractivity contribution >= 4 is 11.8 Å². The van der Waals surface area contributed by atoms with Gasteiger partial charge in [0.25, 0.3) is 0 Å². The van der Waals surface area contributed by atoms with E-state index in [9.17, 15) is 0 Å². The summed E-state index contributed by atoms with van der Waals surface area (Å²) < 4.78 is 0. The molecule has 0 atom stereocenters. The van der Waals surface area contributed by atoms with Crippen molar-refractivity contribution < 1.29 is 0 Å². The van der Waals surface area contributed by atoms with Crippen molar-refractivity contribution in [3.63, 3.8) is 0 Å². The van der Waals surface area contributed by atoms with Gasteiger partial charge in [-0.05, 0) is 62.9 Å². The van der Waals surface area contributed by atoms with E-state index in [1.54, 1.807) is 0 Å². The van der Waals surface area contributed by atoms with E-state index in [-0.39, 0.29) is 5.54 Å². The molecule has 20 heavy (non-hydrogen) atoms. The molecule has 0 saturated carbocycles. The van der Waals surface area contributed by atoms with Gasteiger partial charge >= 0.3 is 0 Å². The third-order valence-electron chi connectivity index (χ3n) is 3.35. The van der Waals surface area contributed by atoms with E-state index in [4.69, 9.17) is 0 Å². The lowest BCUT2D eigenvalue weighted by atomic mass is 10.0. The smallest absolute Gasteiger partial charge is 0.0524 e. The second-order valence-electron chi connectivity index (χ2n) is 6.44. The average Bonchev–Trinajstić information content (AvgIpc) is 2.65. The summed E-state index contributed by atoms with van der Waals surface area (Å²) in [7, 11) is 0. The number of hydrogen-bond acceptors (Lipinski definition) is 1. The molecule has 0 aromatic carbocycles. The summed E-state index contributed by atoms with van der Waals surface area (Å²) in [6, 6.07) is 10.8. The largest absolute Gasteiger partial charge is 0.287 e. The zero-order valence-corrected chi connectivity index (χ0v) is 13.1. The molecule has 0 aliphatic heterocycles. The maximum Gasteiger partial charge on any atom is 0.0524 e. The molecule has 0 amide bonds. The molecule has 0 unspecified atom stereocenters. The number of fused-ring (bicyclic) bond motifs is 1. The van der Waals surface area contributed by atoms with E-state index in [0.717, 1.165) is 5.57 Å². The lowest BCUT2D eigenvalue weighted by Gasteiger charge is -2.10. The molecule has 1 heteroatoms. The van der Waals surface area contributed by atoms with Crippen LogP contribution >= 0.6 is 0 Å². The quantitative estimate of drug-likeness (QED) is 0.649. The normalized spacial score (nSPS) is 12.2. The van der Waals surface area contributed by atoms with E-state index in [1.807, 2.05) is 13.1 Å². The Balaban J connectivity index is 2.59. The van der Waals surface area contributed by atoms with E-state index >= 15 is 0 Å². The third-order valence-corrected chi connectivity index (χ3v) is 3.35. The van der Waals surface area contributed by atoms with Crippen LogP contribution in [0, 0.1) is 6.92 Å². The van der Waals surface area contributed by atoms with Crippen LogP contribution in [-0.4, -0.2) is 11.8 Å². The van der Waals surface area contributed by atoms with Crippen LogP contribution in [0.1, 0.15) is 44.4 Å². The van der Waals surface area contributed by atoms with Crippen molar-refractivity contribution in [2.24, 2.45) is 4.99 Å². The van der Waals surface area contributed by atoms with Gasteiger partial charge in [-0.2, -0.15) is 0 Å². The fourth-order valence-electron chi connectivity index (χ4n) is 2.16. The summed E-state index contributed by atoms with van der Waals surface area (Å²) in [6.07, 6.45) is 1.99. The highest BCUT2D eigenvalue weighted by Gasteiger charge is 2.12. The second-order valence-corrected chi connectivity index (χ2v) is 6.44. The first-order valence-electron chi connectivity index (χ1n) is 7.02. The molecule has 2 aliphatic carbocycles. The SMILES string of the molecule is C=C(C)c1ccc(C)c2ccc(C=NC(C)(C)C)c-2c1. The van der Waals surface area contributed by atoms with Crippen LogP contribution in [-0.2, 0) is 0 Å². The van der Waals surface area contributed by atoms with E-state index in [2.05, 4.69) is 69.6 Å². The number of aryl methyl sites for hydroxylation is 1. The molecular weight excluding hydrogens is 242 g/mol. The number of rotatable bonds is 2. The van der Waals surface area contributed by atoms with Gasteiger partial charge in [0.15, 0.2) is 0 Å². The lowest BCUT2D eigenvalue weighted by molar-refractivity contribution is 0.587. The van der Waals surface area contributed by atoms with Gasteiger partial charge < -0.3 is 0 Å². The highest BCUT2D eigenvalue weighted by Crippen LogP contribution is 2.31. The van der Waals surface area contributed by atoms with Gasteiger partial charge in [0.1, 0.15) is 0 Å². The number of nitrogens with zero attached hydrogens (tertiary/aromatic N) is 1. The van der Waals surface area contributed by atoms with Crippen LogP contribution in [0.25, 0.3) is 16.7 Å². The Labute approximate surface area is 122 Å². The molecular formula is C19H23N. The summed E-state index contributed by atoms with van der Waals surface area (Å²) in [5, 5.41) is 0. The summed E-state index contributed by atoms with van der Waals surface area (Å²) in [6.45, 7) is 14.6. The molecule has 0 fully saturated rings. The first-order valence-corrected chi connectivity index (χ1v) is 7.02. The Kier molecular flexibility index (Phi) is 3.80. The molecule has 0 heterocycles. The van der Waals surface area contributed by atoms with Gasteiger partial charge in [0.2, 0.25) is 0 Å². The Morgan fingerprint density at radius 1 is 1.10 bits per heavy atom. The van der Waals surface area contributed by atoms with E-state index in [0.29, 0.717) is 0 Å². The van der Waals surface area contributed by atoms with Crippen molar-refractivity contribution in [3.05, 3.63) is 53.6 Å². The van der Waals surface area contributed by atoms with E-state index in [1.165, 1.54) is 27.8 Å². The predicted octanol–water partition coefficient (Wildman–Crippen LogP) is 5.35. The van der Waals surface area contributed by atoms with Crippen molar-refractivity contribution in [1.29, 1.82) is 0 Å². The number of allylic oxidation sites excluding steroid dienone is 1. The summed E-state index contributed by atoms with van der Waals surface area (Å²) in [5.74, 6) is 0. The Morgan fingerprint density at radius 2 is 1.80 bits per heavy atom. The van der Waals surface area contributed by atoms with Crippen LogP contribution in [0.5, 0.6) is 0 Å². The second kappa shape index (κ2) is 5.24. The van der Waals surface area contributed by atoms with Crippen LogP contribution in [0.4, 0.5) is 0 Å². The maximum absolute atomic E-state index is 4.63. The summed E-state index contributed by atoms with van der Waals surface area (Å²) in [4.78, 5) is 4.63. The molecule has 0 bridgehead atoms. The first-order chi connectivity index (χ1) is 9.28. The van der Waals surface area contributed by atoms with Crippen molar-refractivity contribution in [2.45, 2.75) is 40.2 Å². The monoisotopic (exact) mass is 265 g/mol. The molecule has 0 saturated heterocycles. The van der Waals surface area contributed by atoms with E-state index < -0.39 is 0 Å². The van der Waals surface area contributed by atoms with Crippen LogP contribution in [0.15, 0.2) is 41.9 Å². The first kappa shape index (κ1) is 14.5. The lowest BCUT2D eigenvalue weighted by Crippen LogP contribution is -2.09. The van der Waals surface area contributed by atoms with Crippen molar-refractivity contribution in [3.8, 4) is 11.1 Å². The van der Waals surface area contributed by atoms with Crippen LogP contribution in [0.2, 0.25) is 0 Å². The molecule has 104 valence electrons. The van der Waals surface area contributed by atoms with Gasteiger partial charge in [0, 0.05) is 11.8 Å². The zero-order chi connectivity index (χ0) is 14.9. The van der Waals surface area contributed by atoms with Gasteiger partial charge in [-0.25, -0.2) is 0 Å². The van der Waals surface area contributed by atoms with Crippen molar-refractivity contribution in [2.75, 3.05) is 0 Å². The van der Waals surface area contributed by atoms with Crippen LogP contribution in [0.3, 0.4) is 0 Å². The molecule has 2 rings (SSSR count). The van der Waals surface area contributed by atoms with Gasteiger partial charge in [-0.1, -0.05) is 36.4 Å².